The van der Waals surface area contributed by atoms with Gasteiger partial charge < -0.3 is 9.55 Å². The van der Waals surface area contributed by atoms with Crippen LogP contribution in [0.25, 0.3) is 125 Å². The minimum absolute atomic E-state index is 0. The molecule has 0 unspecified atom stereocenters. The number of rotatable bonds is 6. The molecule has 0 aliphatic heterocycles. The van der Waals surface area contributed by atoms with Gasteiger partial charge in [0.05, 0.1) is 38.0 Å². The molecule has 0 aliphatic carbocycles. The molecule has 0 saturated heterocycles. The summed E-state index contributed by atoms with van der Waals surface area (Å²) in [7, 11) is 0. The van der Waals surface area contributed by atoms with Crippen LogP contribution in [-0.2, 0) is 20.1 Å². The van der Waals surface area contributed by atoms with E-state index in [4.69, 9.17) is 4.98 Å². The molecule has 6 aromatic heterocycles. The first kappa shape index (κ1) is 48.6. The van der Waals surface area contributed by atoms with Crippen molar-refractivity contribution in [3.05, 3.63) is 280 Å². The molecule has 0 N–H and O–H groups in total. The molecule has 8 heteroatoms. The largest absolute Gasteiger partial charge is 0.309 e. The quantitative estimate of drug-likeness (QED) is 0.123. The summed E-state index contributed by atoms with van der Waals surface area (Å²) in [6.07, 6.45) is 7.23. The maximum atomic E-state index is 4.73. The summed E-state index contributed by atoms with van der Waals surface area (Å²) < 4.78 is 4.73. The van der Waals surface area contributed by atoms with Gasteiger partial charge >= 0.3 is 0 Å². The van der Waals surface area contributed by atoms with Crippen molar-refractivity contribution in [1.82, 2.24) is 29.5 Å². The monoisotopic (exact) mass is 1180 g/mol. The van der Waals surface area contributed by atoms with Gasteiger partial charge in [0, 0.05) is 81.6 Å². The normalized spacial score (nSPS) is 11.0. The van der Waals surface area contributed by atoms with Crippen molar-refractivity contribution in [2.24, 2.45) is 0 Å². The molecule has 0 amide bonds. The first-order chi connectivity index (χ1) is 37.7. The Balaban J connectivity index is 0.000000131. The van der Waals surface area contributed by atoms with Gasteiger partial charge in [0.15, 0.2) is 0 Å². The van der Waals surface area contributed by atoms with Gasteiger partial charge in [0.25, 0.3) is 0 Å². The molecule has 9 aromatic carbocycles. The first-order valence-corrected chi connectivity index (χ1v) is 26.0. The average Bonchev–Trinajstić information content (AvgIpc) is 4.16. The molecule has 6 heterocycles. The third-order valence-corrected chi connectivity index (χ3v) is 14.9. The Morgan fingerprint density at radius 1 is 0.364 bits per heavy atom. The number of hydrogen-bond donors (Lipinski definition) is 0. The first-order valence-electron chi connectivity index (χ1n) is 25.2. The molecule has 77 heavy (non-hydrogen) atoms. The maximum absolute atomic E-state index is 4.73. The van der Waals surface area contributed by atoms with Gasteiger partial charge in [-0.3, -0.25) is 9.97 Å². The minimum Gasteiger partial charge on any atom is -0.309 e. The van der Waals surface area contributed by atoms with Crippen molar-refractivity contribution in [3.63, 3.8) is 0 Å². The van der Waals surface area contributed by atoms with Gasteiger partial charge in [0.2, 0.25) is 0 Å². The predicted molar refractivity (Wildman–Crippen MR) is 317 cm³/mol. The Morgan fingerprint density at radius 2 is 0.922 bits per heavy atom. The minimum atomic E-state index is 0. The zero-order valence-corrected chi connectivity index (χ0v) is 44.6. The number of nitrogens with zero attached hydrogens (tertiary/aromatic N) is 6. The van der Waals surface area contributed by atoms with Crippen LogP contribution in [0.2, 0.25) is 0 Å². The topological polar surface area (TPSA) is 69.4 Å². The number of hydrogen-bond acceptors (Lipinski definition) is 6. The van der Waals surface area contributed by atoms with E-state index in [1.807, 2.05) is 67.0 Å². The van der Waals surface area contributed by atoms with Gasteiger partial charge in [0.1, 0.15) is 6.33 Å². The van der Waals surface area contributed by atoms with E-state index >= 15 is 0 Å². The number of benzene rings is 9. The summed E-state index contributed by atoms with van der Waals surface area (Å²) in [5.74, 6) is 0. The van der Waals surface area contributed by atoms with Crippen molar-refractivity contribution in [2.45, 2.75) is 0 Å². The van der Waals surface area contributed by atoms with Crippen molar-refractivity contribution < 1.29 is 20.1 Å². The second-order valence-electron chi connectivity index (χ2n) is 18.3. The summed E-state index contributed by atoms with van der Waals surface area (Å²) in [6, 6.07) is 89.4. The van der Waals surface area contributed by atoms with Gasteiger partial charge in [-0.25, -0.2) is 9.97 Å². The van der Waals surface area contributed by atoms with Crippen LogP contribution in [0.15, 0.2) is 274 Å². The molecule has 15 rings (SSSR count). The third-order valence-electron chi connectivity index (χ3n) is 13.8. The molecule has 367 valence electrons. The average molecular weight is 1180 g/mol. The number of para-hydroxylation sites is 2. The molecule has 0 saturated carbocycles. The fourth-order valence-corrected chi connectivity index (χ4v) is 11.4. The van der Waals surface area contributed by atoms with Crippen LogP contribution >= 0.6 is 11.3 Å². The van der Waals surface area contributed by atoms with Crippen LogP contribution in [0.4, 0.5) is 0 Å². The Labute approximate surface area is 463 Å². The van der Waals surface area contributed by atoms with Crippen LogP contribution in [0.3, 0.4) is 0 Å². The SMILES string of the molecule is [Ir].[c-]1ccccc1-c1ccccn1.c1cc(-c2cccc(-n3c4ccccc4c4ccccc43)c2)cc(-c2ncnc3c2sc2ccccc23)c1.c1ccc(-c2ccnc3c2ccc2c(-c4ccccc4)ccnc23)cc1. The van der Waals surface area contributed by atoms with Crippen molar-refractivity contribution >= 4 is 75.3 Å². The van der Waals surface area contributed by atoms with Gasteiger partial charge in [-0.05, 0) is 93.7 Å². The molecule has 0 fully saturated rings. The number of aromatic nitrogens is 6. The molecule has 0 aliphatic rings. The van der Waals surface area contributed by atoms with E-state index < -0.39 is 0 Å². The van der Waals surface area contributed by atoms with Gasteiger partial charge in [-0.15, -0.1) is 47.2 Å². The van der Waals surface area contributed by atoms with Crippen molar-refractivity contribution in [1.29, 1.82) is 0 Å². The summed E-state index contributed by atoms with van der Waals surface area (Å²) in [5, 5.41) is 5.98. The molecule has 0 bridgehead atoms. The van der Waals surface area contributed by atoms with Gasteiger partial charge in [-0.2, -0.15) is 0 Å². The summed E-state index contributed by atoms with van der Waals surface area (Å²) in [6.45, 7) is 0. The van der Waals surface area contributed by atoms with Crippen LogP contribution in [-0.4, -0.2) is 29.5 Å². The van der Waals surface area contributed by atoms with E-state index in [0.717, 1.165) is 65.8 Å². The van der Waals surface area contributed by atoms with Crippen molar-refractivity contribution in [2.75, 3.05) is 0 Å². The number of pyridine rings is 3. The van der Waals surface area contributed by atoms with E-state index in [2.05, 4.69) is 225 Å². The fraction of sp³-hybridized carbons (Fsp3) is 0. The van der Waals surface area contributed by atoms with E-state index in [1.165, 1.54) is 59.7 Å². The molecule has 15 aromatic rings. The van der Waals surface area contributed by atoms with Crippen molar-refractivity contribution in [3.8, 4) is 61.6 Å². The second-order valence-corrected chi connectivity index (χ2v) is 19.3. The number of fused-ring (bicyclic) bond motifs is 9. The summed E-state index contributed by atoms with van der Waals surface area (Å²) in [4.78, 5) is 22.9. The maximum Gasteiger partial charge on any atom is 0.116 e. The van der Waals surface area contributed by atoms with Gasteiger partial charge in [-0.1, -0.05) is 170 Å². The van der Waals surface area contributed by atoms with E-state index in [0.29, 0.717) is 0 Å². The molecule has 1 radical (unpaired) electrons. The van der Waals surface area contributed by atoms with Crippen LogP contribution in [0.1, 0.15) is 0 Å². The zero-order valence-electron chi connectivity index (χ0n) is 41.4. The fourth-order valence-electron chi connectivity index (χ4n) is 10.2. The zero-order chi connectivity index (χ0) is 50.6. The third kappa shape index (κ3) is 9.58. The Kier molecular flexibility index (Phi) is 13.8. The van der Waals surface area contributed by atoms with Crippen LogP contribution < -0.4 is 0 Å². The molecule has 0 atom stereocenters. The smallest absolute Gasteiger partial charge is 0.116 e. The van der Waals surface area contributed by atoms with E-state index in [9.17, 15) is 0 Å². The standard InChI is InChI=1S/C34H21N3S.C24H16N2.C11H8N.Ir/c1-4-16-29-26(13-1)27-14-2-5-17-30(27)37(29)25-12-8-10-23(20-25)22-9-7-11-24(19-22)32-34-33(36-21-35-32)28-15-3-6-18-31(28)38-34;1-3-7-17(8-4-1)19-13-15-25-23-21(19)11-12-22-20(14-16-26-24(22)23)18-9-5-2-6-10-18;1-2-6-10(7-3-1)11-8-4-5-9-12-11;/h1-21H;1-16H;1-6,8-9H;/q;;-1;. The van der Waals surface area contributed by atoms with E-state index in [-0.39, 0.29) is 20.1 Å². The summed E-state index contributed by atoms with van der Waals surface area (Å²) >= 11 is 1.76. The summed E-state index contributed by atoms with van der Waals surface area (Å²) in [5.41, 5.74) is 17.7. The molecular formula is C69H45IrN6S-. The predicted octanol–water partition coefficient (Wildman–Crippen LogP) is 17.9. The van der Waals surface area contributed by atoms with Crippen LogP contribution in [0, 0.1) is 6.07 Å². The molecule has 6 nitrogen and oxygen atoms in total. The second kappa shape index (κ2) is 21.9. The van der Waals surface area contributed by atoms with Crippen LogP contribution in [0.5, 0.6) is 0 Å². The Hall–Kier alpha value is -9.30. The molecular weight excluding hydrogens is 1140 g/mol. The number of thiophene rings is 1. The Morgan fingerprint density at radius 3 is 1.56 bits per heavy atom. The Bertz CT molecular complexity index is 4340. The molecule has 0 spiro atoms. The van der Waals surface area contributed by atoms with E-state index in [1.54, 1.807) is 23.9 Å².